The number of rotatable bonds is 0. The lowest BCUT2D eigenvalue weighted by Crippen LogP contribution is -2.38. The molecule has 1 fully saturated rings. The van der Waals surface area contributed by atoms with Gasteiger partial charge in [0.05, 0.1) is 0 Å². The highest BCUT2D eigenvalue weighted by atomic mass is 17.2. The molecule has 0 aliphatic carbocycles. The van der Waals surface area contributed by atoms with Gasteiger partial charge in [-0.2, -0.15) is 0 Å². The van der Waals surface area contributed by atoms with Gasteiger partial charge in [0.15, 0.2) is 6.23 Å². The molecule has 0 amide bonds. The van der Waals surface area contributed by atoms with Crippen molar-refractivity contribution >= 4 is 0 Å². The van der Waals surface area contributed by atoms with Crippen LogP contribution < -0.4 is 5.73 Å². The second-order valence-corrected chi connectivity index (χ2v) is 0.919. The van der Waals surface area contributed by atoms with Crippen LogP contribution in [0.15, 0.2) is 0 Å². The molecule has 1 rings (SSSR count). The van der Waals surface area contributed by atoms with Crippen LogP contribution in [0, 0.1) is 0 Å². The van der Waals surface area contributed by atoms with E-state index in [1.54, 1.807) is 0 Å². The zero-order valence-electron chi connectivity index (χ0n) is 2.68. The van der Waals surface area contributed by atoms with Gasteiger partial charge in [0.1, 0.15) is 6.61 Å². The minimum atomic E-state index is -0.157. The van der Waals surface area contributed by atoms with Crippen LogP contribution in [-0.2, 0) is 9.78 Å². The summed E-state index contributed by atoms with van der Waals surface area (Å²) in [6.45, 7) is 0.542. The van der Waals surface area contributed by atoms with Crippen molar-refractivity contribution in [3.05, 3.63) is 0 Å². The molecule has 0 spiro atoms. The van der Waals surface area contributed by atoms with Gasteiger partial charge in [-0.05, 0) is 0 Å². The Balaban J connectivity index is 2.08. The van der Waals surface area contributed by atoms with Gasteiger partial charge < -0.3 is 5.73 Å². The van der Waals surface area contributed by atoms with Gasteiger partial charge in [-0.1, -0.05) is 0 Å². The molecule has 0 aromatic carbocycles. The molecule has 2 N–H and O–H groups in total. The van der Waals surface area contributed by atoms with Crippen LogP contribution in [0.4, 0.5) is 0 Å². The molecule has 30 valence electrons. The molecule has 0 radical (unpaired) electrons. The topological polar surface area (TPSA) is 44.5 Å². The quantitative estimate of drug-likeness (QED) is 0.385. The van der Waals surface area contributed by atoms with Crippen molar-refractivity contribution in [1.29, 1.82) is 0 Å². The fourth-order valence-corrected chi connectivity index (χ4v) is 0.147. The summed E-state index contributed by atoms with van der Waals surface area (Å²) < 4.78 is 0. The third-order valence-corrected chi connectivity index (χ3v) is 0.424. The SMILES string of the molecule is NC1COO1. The largest absolute Gasteiger partial charge is 0.301 e. The molecule has 0 aromatic rings. The van der Waals surface area contributed by atoms with Crippen LogP contribution in [0.5, 0.6) is 0 Å². The van der Waals surface area contributed by atoms with Crippen molar-refractivity contribution in [2.75, 3.05) is 6.61 Å². The average molecular weight is 75.1 g/mol. The van der Waals surface area contributed by atoms with Crippen LogP contribution in [0.2, 0.25) is 0 Å². The first kappa shape index (κ1) is 3.08. The van der Waals surface area contributed by atoms with E-state index in [1.165, 1.54) is 0 Å². The predicted octanol–water partition coefficient (Wildman–Crippen LogP) is -0.767. The summed E-state index contributed by atoms with van der Waals surface area (Å²) >= 11 is 0. The maximum atomic E-state index is 5.03. The third kappa shape index (κ3) is 0.397. The summed E-state index contributed by atoms with van der Waals surface area (Å²) in [4.78, 5) is 8.42. The molecule has 1 aliphatic rings. The van der Waals surface area contributed by atoms with Crippen LogP contribution >= 0.6 is 0 Å². The number of hydrogen-bond donors (Lipinski definition) is 1. The molecular formula is C2H5NO2. The first-order chi connectivity index (χ1) is 2.39. The minimum absolute atomic E-state index is 0.157. The molecule has 5 heavy (non-hydrogen) atoms. The first-order valence-corrected chi connectivity index (χ1v) is 1.43. The Labute approximate surface area is 29.6 Å². The summed E-state index contributed by atoms with van der Waals surface area (Å²) in [5.74, 6) is 0. The van der Waals surface area contributed by atoms with Gasteiger partial charge in [0.2, 0.25) is 0 Å². The lowest BCUT2D eigenvalue weighted by molar-refractivity contribution is -0.422. The molecule has 1 heterocycles. The van der Waals surface area contributed by atoms with E-state index >= 15 is 0 Å². The van der Waals surface area contributed by atoms with E-state index in [2.05, 4.69) is 9.78 Å². The van der Waals surface area contributed by atoms with Gasteiger partial charge >= 0.3 is 0 Å². The van der Waals surface area contributed by atoms with Crippen molar-refractivity contribution in [3.63, 3.8) is 0 Å². The van der Waals surface area contributed by atoms with Crippen molar-refractivity contribution in [3.8, 4) is 0 Å². The maximum Gasteiger partial charge on any atom is 0.168 e. The highest BCUT2D eigenvalue weighted by molar-refractivity contribution is 4.42. The Morgan fingerprint density at radius 2 is 2.20 bits per heavy atom. The molecule has 0 saturated carbocycles. The van der Waals surface area contributed by atoms with Crippen LogP contribution in [-0.4, -0.2) is 12.8 Å². The molecule has 1 aliphatic heterocycles. The predicted molar refractivity (Wildman–Crippen MR) is 15.0 cm³/mol. The van der Waals surface area contributed by atoms with Gasteiger partial charge in [0.25, 0.3) is 0 Å². The van der Waals surface area contributed by atoms with Gasteiger partial charge in [-0.25, -0.2) is 9.78 Å². The van der Waals surface area contributed by atoms with Crippen molar-refractivity contribution in [2.45, 2.75) is 6.23 Å². The van der Waals surface area contributed by atoms with E-state index in [4.69, 9.17) is 5.73 Å². The van der Waals surface area contributed by atoms with E-state index in [0.29, 0.717) is 6.61 Å². The monoisotopic (exact) mass is 75.0 g/mol. The van der Waals surface area contributed by atoms with E-state index in [9.17, 15) is 0 Å². The molecule has 1 saturated heterocycles. The first-order valence-electron chi connectivity index (χ1n) is 1.43. The highest BCUT2D eigenvalue weighted by Gasteiger charge is 2.12. The van der Waals surface area contributed by atoms with Crippen LogP contribution in [0.3, 0.4) is 0 Å². The Kier molecular flexibility index (Phi) is 0.574. The van der Waals surface area contributed by atoms with E-state index in [0.717, 1.165) is 0 Å². The second-order valence-electron chi connectivity index (χ2n) is 0.919. The summed E-state index contributed by atoms with van der Waals surface area (Å²) in [5, 5.41) is 0. The van der Waals surface area contributed by atoms with Crippen molar-refractivity contribution in [2.24, 2.45) is 5.73 Å². The Hall–Kier alpha value is -0.120. The van der Waals surface area contributed by atoms with E-state index < -0.39 is 0 Å². The lowest BCUT2D eigenvalue weighted by atomic mass is 10.6. The Bertz CT molecular complexity index is 34.6. The molecular weight excluding hydrogens is 70.0 g/mol. The minimum Gasteiger partial charge on any atom is -0.301 e. The zero-order valence-corrected chi connectivity index (χ0v) is 2.68. The van der Waals surface area contributed by atoms with Crippen molar-refractivity contribution < 1.29 is 9.78 Å². The smallest absolute Gasteiger partial charge is 0.168 e. The van der Waals surface area contributed by atoms with Crippen molar-refractivity contribution in [1.82, 2.24) is 0 Å². The lowest BCUT2D eigenvalue weighted by Gasteiger charge is -2.18. The summed E-state index contributed by atoms with van der Waals surface area (Å²) in [5.41, 5.74) is 5.03. The molecule has 3 nitrogen and oxygen atoms in total. The fourth-order valence-electron chi connectivity index (χ4n) is 0.147. The average Bonchev–Trinajstić information content (AvgIpc) is 1.30. The molecule has 0 bridgehead atoms. The summed E-state index contributed by atoms with van der Waals surface area (Å²) in [7, 11) is 0. The molecule has 1 unspecified atom stereocenters. The summed E-state index contributed by atoms with van der Waals surface area (Å²) in [6.07, 6.45) is -0.157. The molecule has 0 aromatic heterocycles. The summed E-state index contributed by atoms with van der Waals surface area (Å²) in [6, 6.07) is 0. The Morgan fingerprint density at radius 3 is 2.20 bits per heavy atom. The number of hydrogen-bond acceptors (Lipinski definition) is 3. The van der Waals surface area contributed by atoms with Gasteiger partial charge in [-0.3, -0.25) is 0 Å². The van der Waals surface area contributed by atoms with Gasteiger partial charge in [0, 0.05) is 0 Å². The standard InChI is InChI=1S/C2H5NO2/c3-2-1-4-5-2/h2H,1,3H2. The second kappa shape index (κ2) is 0.931. The van der Waals surface area contributed by atoms with Crippen LogP contribution in [0.1, 0.15) is 0 Å². The third-order valence-electron chi connectivity index (χ3n) is 0.424. The zero-order chi connectivity index (χ0) is 3.70. The van der Waals surface area contributed by atoms with E-state index in [-0.39, 0.29) is 6.23 Å². The normalized spacial score (nSPS) is 36.6. The van der Waals surface area contributed by atoms with Gasteiger partial charge in [-0.15, -0.1) is 0 Å². The molecule has 3 heteroatoms. The number of nitrogens with two attached hydrogens (primary N) is 1. The van der Waals surface area contributed by atoms with Crippen LogP contribution in [0.25, 0.3) is 0 Å². The fraction of sp³-hybridized carbons (Fsp3) is 1.00. The maximum absolute atomic E-state index is 5.03. The molecule has 1 atom stereocenters. The highest BCUT2D eigenvalue weighted by Crippen LogP contribution is 1.95. The Morgan fingerprint density at radius 1 is 1.80 bits per heavy atom. The van der Waals surface area contributed by atoms with E-state index in [1.807, 2.05) is 0 Å².